The Morgan fingerprint density at radius 3 is 2.58 bits per heavy atom. The van der Waals surface area contributed by atoms with Crippen molar-refractivity contribution in [2.45, 2.75) is 37.9 Å². The number of β-amino-alcohol motifs (C(OH)–C–C–N with tert-alkyl or cyclic N) is 1. The summed E-state index contributed by atoms with van der Waals surface area (Å²) in [5.41, 5.74) is 0.0209. The van der Waals surface area contributed by atoms with Crippen LogP contribution in [0.25, 0.3) is 11.3 Å². The van der Waals surface area contributed by atoms with Crippen molar-refractivity contribution in [1.29, 1.82) is 0 Å². The van der Waals surface area contributed by atoms with Crippen molar-refractivity contribution in [3.8, 4) is 17.0 Å². The van der Waals surface area contributed by atoms with Gasteiger partial charge in [-0.15, -0.1) is 13.2 Å². The van der Waals surface area contributed by atoms with Crippen LogP contribution in [0, 0.1) is 0 Å². The molecule has 2 atom stereocenters. The Morgan fingerprint density at radius 1 is 1.29 bits per heavy atom. The van der Waals surface area contributed by atoms with E-state index in [9.17, 15) is 33.0 Å². The van der Waals surface area contributed by atoms with Gasteiger partial charge in [0.05, 0.1) is 30.1 Å². The van der Waals surface area contributed by atoms with E-state index in [0.29, 0.717) is 17.0 Å². The lowest BCUT2D eigenvalue weighted by Gasteiger charge is -2.20. The number of carbonyl (C=O) groups is 2. The second-order valence-corrected chi connectivity index (χ2v) is 7.31. The molecule has 0 spiro atoms. The molecule has 2 aromatic rings. The van der Waals surface area contributed by atoms with Gasteiger partial charge >= 0.3 is 12.5 Å². The zero-order chi connectivity index (χ0) is 22.8. The fraction of sp³-hybridized carbons (Fsp3) is 0.368. The molecule has 2 unspecified atom stereocenters. The molecule has 31 heavy (non-hydrogen) atoms. The van der Waals surface area contributed by atoms with E-state index >= 15 is 0 Å². The normalized spacial score (nSPS) is 21.1. The maximum absolute atomic E-state index is 12.5. The smallest absolute Gasteiger partial charge is 0.465 e. The quantitative estimate of drug-likeness (QED) is 0.651. The SMILES string of the molecule is CC1(O)CC(C(=O)NCc2cc(-c3ccc(OC(F)(F)F)cc3)ncn2)N(C(=O)O)C1. The number of aromatic nitrogens is 2. The van der Waals surface area contributed by atoms with E-state index in [4.69, 9.17) is 0 Å². The zero-order valence-corrected chi connectivity index (χ0v) is 16.3. The molecule has 3 N–H and O–H groups in total. The maximum Gasteiger partial charge on any atom is 0.573 e. The Kier molecular flexibility index (Phi) is 6.02. The van der Waals surface area contributed by atoms with Gasteiger partial charge in [-0.1, -0.05) is 0 Å². The molecule has 166 valence electrons. The molecule has 3 rings (SSSR count). The molecule has 1 aliphatic rings. The molecule has 0 saturated carbocycles. The summed E-state index contributed by atoms with van der Waals surface area (Å²) in [5.74, 6) is -0.942. The zero-order valence-electron chi connectivity index (χ0n) is 16.3. The second-order valence-electron chi connectivity index (χ2n) is 7.31. The molecule has 1 aromatic carbocycles. The summed E-state index contributed by atoms with van der Waals surface area (Å²) in [6.45, 7) is 1.25. The largest absolute Gasteiger partial charge is 0.573 e. The number of amides is 2. The fourth-order valence-electron chi connectivity index (χ4n) is 3.28. The Balaban J connectivity index is 1.66. The van der Waals surface area contributed by atoms with E-state index < -0.39 is 30.0 Å². The van der Waals surface area contributed by atoms with Crippen molar-refractivity contribution in [2.24, 2.45) is 0 Å². The Hall–Kier alpha value is -3.41. The highest BCUT2D eigenvalue weighted by Gasteiger charge is 2.45. The lowest BCUT2D eigenvalue weighted by molar-refractivity contribution is -0.274. The van der Waals surface area contributed by atoms with E-state index in [-0.39, 0.29) is 25.3 Å². The summed E-state index contributed by atoms with van der Waals surface area (Å²) in [7, 11) is 0. The van der Waals surface area contributed by atoms with Crippen LogP contribution in [-0.4, -0.2) is 61.6 Å². The van der Waals surface area contributed by atoms with E-state index in [1.165, 1.54) is 25.4 Å². The van der Waals surface area contributed by atoms with Gasteiger partial charge in [-0.25, -0.2) is 14.8 Å². The first-order valence-electron chi connectivity index (χ1n) is 9.10. The Labute approximate surface area is 174 Å². The molecule has 12 heteroatoms. The van der Waals surface area contributed by atoms with Crippen molar-refractivity contribution in [1.82, 2.24) is 20.2 Å². The van der Waals surface area contributed by atoms with Crippen LogP contribution in [0.2, 0.25) is 0 Å². The molecule has 1 aliphatic heterocycles. The van der Waals surface area contributed by atoms with Crippen molar-refractivity contribution in [2.75, 3.05) is 6.54 Å². The first kappa shape index (κ1) is 22.3. The van der Waals surface area contributed by atoms with Crippen LogP contribution in [0.15, 0.2) is 36.7 Å². The summed E-state index contributed by atoms with van der Waals surface area (Å²) in [4.78, 5) is 32.8. The van der Waals surface area contributed by atoms with Crippen LogP contribution in [-0.2, 0) is 11.3 Å². The molecular weight excluding hydrogens is 421 g/mol. The van der Waals surface area contributed by atoms with Crippen LogP contribution in [0.1, 0.15) is 19.0 Å². The number of benzene rings is 1. The van der Waals surface area contributed by atoms with Gasteiger partial charge in [0, 0.05) is 12.0 Å². The third-order valence-electron chi connectivity index (χ3n) is 4.62. The van der Waals surface area contributed by atoms with Gasteiger partial charge in [-0.3, -0.25) is 9.69 Å². The van der Waals surface area contributed by atoms with E-state index in [1.54, 1.807) is 6.07 Å². The van der Waals surface area contributed by atoms with Crippen molar-refractivity contribution >= 4 is 12.0 Å². The summed E-state index contributed by atoms with van der Waals surface area (Å²) < 4.78 is 40.6. The second kappa shape index (κ2) is 8.38. The number of nitrogens with one attached hydrogen (secondary N) is 1. The molecule has 1 aromatic heterocycles. The van der Waals surface area contributed by atoms with E-state index in [2.05, 4.69) is 20.0 Å². The molecule has 1 saturated heterocycles. The highest BCUT2D eigenvalue weighted by molar-refractivity contribution is 5.86. The molecule has 2 amide bonds. The van der Waals surface area contributed by atoms with Crippen molar-refractivity contribution in [3.63, 3.8) is 0 Å². The number of carboxylic acid groups (broad SMARTS) is 1. The number of carbonyl (C=O) groups excluding carboxylic acids is 1. The number of likely N-dealkylation sites (tertiary alicyclic amines) is 1. The minimum Gasteiger partial charge on any atom is -0.465 e. The fourth-order valence-corrected chi connectivity index (χ4v) is 3.28. The molecular formula is C19H19F3N4O5. The van der Waals surface area contributed by atoms with Gasteiger partial charge in [0.15, 0.2) is 0 Å². The standard InChI is InChI=1S/C19H19F3N4O5/c1-18(30)7-15(26(9-18)17(28)29)16(27)23-8-12-6-14(25-10-24-12)11-2-4-13(5-3-11)31-19(20,21)22/h2-6,10,15,30H,7-9H2,1H3,(H,23,27)(H,28,29). The van der Waals surface area contributed by atoms with Crippen LogP contribution < -0.4 is 10.1 Å². The average Bonchev–Trinajstić information content (AvgIpc) is 3.02. The van der Waals surface area contributed by atoms with Gasteiger partial charge in [0.1, 0.15) is 18.1 Å². The first-order valence-corrected chi connectivity index (χ1v) is 9.10. The number of hydrogen-bond donors (Lipinski definition) is 3. The topological polar surface area (TPSA) is 125 Å². The molecule has 0 aliphatic carbocycles. The highest BCUT2D eigenvalue weighted by Crippen LogP contribution is 2.27. The van der Waals surface area contributed by atoms with Gasteiger partial charge in [-0.05, 0) is 37.3 Å². The lowest BCUT2D eigenvalue weighted by Crippen LogP contribution is -2.45. The third kappa shape index (κ3) is 5.81. The van der Waals surface area contributed by atoms with Gasteiger partial charge in [0.2, 0.25) is 5.91 Å². The number of nitrogens with zero attached hydrogens (tertiary/aromatic N) is 3. The maximum atomic E-state index is 12.5. The first-order chi connectivity index (χ1) is 14.4. The number of hydrogen-bond acceptors (Lipinski definition) is 6. The van der Waals surface area contributed by atoms with Crippen LogP contribution in [0.5, 0.6) is 5.75 Å². The van der Waals surface area contributed by atoms with E-state index in [0.717, 1.165) is 17.0 Å². The summed E-state index contributed by atoms with van der Waals surface area (Å²) in [5, 5.41) is 21.9. The van der Waals surface area contributed by atoms with Crippen LogP contribution in [0.3, 0.4) is 0 Å². The molecule has 0 radical (unpaired) electrons. The van der Waals surface area contributed by atoms with Crippen molar-refractivity contribution < 1.29 is 37.7 Å². The number of ether oxygens (including phenoxy) is 1. The number of halogens is 3. The van der Waals surface area contributed by atoms with E-state index in [1.807, 2.05) is 0 Å². The van der Waals surface area contributed by atoms with Crippen LogP contribution in [0.4, 0.5) is 18.0 Å². The Morgan fingerprint density at radius 2 is 1.97 bits per heavy atom. The van der Waals surface area contributed by atoms with Gasteiger partial charge < -0.3 is 20.3 Å². The van der Waals surface area contributed by atoms with Gasteiger partial charge in [0.25, 0.3) is 0 Å². The lowest BCUT2D eigenvalue weighted by atomic mass is 10.0. The number of aliphatic hydroxyl groups is 1. The van der Waals surface area contributed by atoms with Crippen molar-refractivity contribution in [3.05, 3.63) is 42.4 Å². The number of rotatable bonds is 5. The van der Waals surface area contributed by atoms with Crippen LogP contribution >= 0.6 is 0 Å². The predicted octanol–water partition coefficient (Wildman–Crippen LogP) is 2.16. The number of alkyl halides is 3. The molecule has 1 fully saturated rings. The molecule has 9 nitrogen and oxygen atoms in total. The summed E-state index contributed by atoms with van der Waals surface area (Å²) in [6, 6.07) is 5.61. The Bertz CT molecular complexity index is 966. The molecule has 0 bridgehead atoms. The van der Waals surface area contributed by atoms with Gasteiger partial charge in [-0.2, -0.15) is 0 Å². The highest BCUT2D eigenvalue weighted by atomic mass is 19.4. The average molecular weight is 440 g/mol. The monoisotopic (exact) mass is 440 g/mol. The minimum absolute atomic E-state index is 0.0320. The summed E-state index contributed by atoms with van der Waals surface area (Å²) in [6.07, 6.45) is -4.89. The summed E-state index contributed by atoms with van der Waals surface area (Å²) >= 11 is 0. The minimum atomic E-state index is -4.79. The molecule has 2 heterocycles. The predicted molar refractivity (Wildman–Crippen MR) is 99.8 cm³/mol. The third-order valence-corrected chi connectivity index (χ3v) is 4.62.